The summed E-state index contributed by atoms with van der Waals surface area (Å²) in [4.78, 5) is 30.9. The van der Waals surface area contributed by atoms with Gasteiger partial charge in [-0.25, -0.2) is 0 Å². The number of benzene rings is 2. The van der Waals surface area contributed by atoms with Crippen molar-refractivity contribution in [2.24, 2.45) is 10.8 Å². The molecule has 0 spiro atoms. The number of rotatable bonds is 2. The van der Waals surface area contributed by atoms with Crippen LogP contribution in [0.25, 0.3) is 0 Å². The lowest BCUT2D eigenvalue weighted by atomic mass is 9.65. The number of carbonyl (C=O) groups excluding carboxylic acids is 2. The standard InChI is InChI=1S/C27H30N2O6/c1-26-13-27(2,16-28(14-26)24(30)18-3-5-20-22(11-18)34-9-7-32-20)17-29(15-26)25(31)19-4-6-21-23(12-19)35-10-8-33-21/h3-6,11-12H,7-10,13-17H2,1-2H3. The molecular weight excluding hydrogens is 448 g/mol. The monoisotopic (exact) mass is 478 g/mol. The molecular formula is C27H30N2O6. The molecule has 35 heavy (non-hydrogen) atoms. The molecule has 4 aliphatic rings. The third-order valence-electron chi connectivity index (χ3n) is 7.30. The molecule has 2 aromatic rings. The molecule has 0 radical (unpaired) electrons. The van der Waals surface area contributed by atoms with Gasteiger partial charge in [0.15, 0.2) is 23.0 Å². The lowest BCUT2D eigenvalue weighted by Gasteiger charge is -2.56. The van der Waals surface area contributed by atoms with E-state index in [9.17, 15) is 9.59 Å². The Morgan fingerprint density at radius 2 is 1.00 bits per heavy atom. The van der Waals surface area contributed by atoms with Crippen LogP contribution in [0.15, 0.2) is 36.4 Å². The van der Waals surface area contributed by atoms with Gasteiger partial charge in [-0.2, -0.15) is 0 Å². The number of likely N-dealkylation sites (tertiary alicyclic amines) is 2. The second-order valence-electron chi connectivity index (χ2n) is 10.8. The van der Waals surface area contributed by atoms with Crippen molar-refractivity contribution < 1.29 is 28.5 Å². The van der Waals surface area contributed by atoms with E-state index in [1.54, 1.807) is 12.1 Å². The first-order valence-electron chi connectivity index (χ1n) is 12.2. The Labute approximate surface area is 204 Å². The Balaban J connectivity index is 1.21. The summed E-state index contributed by atoms with van der Waals surface area (Å²) in [7, 11) is 0. The molecule has 2 fully saturated rings. The van der Waals surface area contributed by atoms with Gasteiger partial charge in [-0.05, 0) is 42.8 Å². The maximum absolute atomic E-state index is 13.5. The lowest BCUT2D eigenvalue weighted by Crippen LogP contribution is -2.64. The molecule has 0 aromatic heterocycles. The Hall–Kier alpha value is -3.42. The fraction of sp³-hybridized carbons (Fsp3) is 0.481. The topological polar surface area (TPSA) is 77.5 Å². The second-order valence-corrected chi connectivity index (χ2v) is 10.8. The van der Waals surface area contributed by atoms with Crippen molar-refractivity contribution in [3.05, 3.63) is 47.5 Å². The van der Waals surface area contributed by atoms with Crippen LogP contribution in [0.4, 0.5) is 0 Å². The van der Waals surface area contributed by atoms with Gasteiger partial charge < -0.3 is 28.7 Å². The smallest absolute Gasteiger partial charge is 0.254 e. The van der Waals surface area contributed by atoms with Crippen molar-refractivity contribution in [3.8, 4) is 23.0 Å². The highest BCUT2D eigenvalue weighted by Crippen LogP contribution is 2.46. The van der Waals surface area contributed by atoms with Crippen LogP contribution in [0.2, 0.25) is 0 Å². The molecule has 184 valence electrons. The van der Waals surface area contributed by atoms with Crippen molar-refractivity contribution in [3.63, 3.8) is 0 Å². The SMILES string of the molecule is CC12CN(C(=O)c3ccc4c(c3)OCCO4)CC(C)(CN(C(=O)c3ccc4c(c3)OCCO4)C1)C2. The summed E-state index contributed by atoms with van der Waals surface area (Å²) >= 11 is 0. The maximum Gasteiger partial charge on any atom is 0.254 e. The van der Waals surface area contributed by atoms with E-state index >= 15 is 0 Å². The molecule has 2 bridgehead atoms. The molecule has 8 heteroatoms. The minimum absolute atomic E-state index is 0.00858. The zero-order valence-electron chi connectivity index (χ0n) is 20.2. The lowest BCUT2D eigenvalue weighted by molar-refractivity contribution is -0.0538. The van der Waals surface area contributed by atoms with Gasteiger partial charge in [0.25, 0.3) is 11.8 Å². The second kappa shape index (κ2) is 8.07. The average Bonchev–Trinajstić information content (AvgIpc) is 2.85. The minimum Gasteiger partial charge on any atom is -0.486 e. The predicted octanol–water partition coefficient (Wildman–Crippen LogP) is 3.24. The Morgan fingerprint density at radius 1 is 0.629 bits per heavy atom. The number of hydrogen-bond acceptors (Lipinski definition) is 6. The molecule has 6 rings (SSSR count). The van der Waals surface area contributed by atoms with Gasteiger partial charge in [0.1, 0.15) is 26.4 Å². The number of carbonyl (C=O) groups is 2. The molecule has 8 nitrogen and oxygen atoms in total. The van der Waals surface area contributed by atoms with Crippen molar-refractivity contribution in [2.75, 3.05) is 52.6 Å². The number of ether oxygens (including phenoxy) is 4. The Kier molecular flexibility index (Phi) is 5.09. The van der Waals surface area contributed by atoms with Crippen LogP contribution in [0.5, 0.6) is 23.0 Å². The summed E-state index contributed by atoms with van der Waals surface area (Å²) in [5, 5.41) is 0. The molecule has 2 aromatic carbocycles. The first-order chi connectivity index (χ1) is 16.8. The molecule has 2 saturated heterocycles. The average molecular weight is 479 g/mol. The Bertz CT molecular complexity index is 1090. The predicted molar refractivity (Wildman–Crippen MR) is 128 cm³/mol. The van der Waals surface area contributed by atoms with E-state index < -0.39 is 0 Å². The highest BCUT2D eigenvalue weighted by molar-refractivity contribution is 5.96. The summed E-state index contributed by atoms with van der Waals surface area (Å²) in [6.07, 6.45) is 0.968. The summed E-state index contributed by atoms with van der Waals surface area (Å²) < 4.78 is 22.5. The normalized spacial score (nSPS) is 26.8. The van der Waals surface area contributed by atoms with Gasteiger partial charge >= 0.3 is 0 Å². The van der Waals surface area contributed by atoms with Crippen molar-refractivity contribution in [1.29, 1.82) is 0 Å². The van der Waals surface area contributed by atoms with Crippen LogP contribution in [0.3, 0.4) is 0 Å². The van der Waals surface area contributed by atoms with Gasteiger partial charge in [0.05, 0.1) is 0 Å². The van der Waals surface area contributed by atoms with Crippen LogP contribution < -0.4 is 18.9 Å². The molecule has 0 N–H and O–H groups in total. The van der Waals surface area contributed by atoms with Crippen molar-refractivity contribution in [2.45, 2.75) is 20.3 Å². The number of piperidine rings is 2. The molecule has 0 aliphatic carbocycles. The number of amides is 2. The summed E-state index contributed by atoms with van der Waals surface area (Å²) in [6, 6.07) is 10.8. The van der Waals surface area contributed by atoms with Gasteiger partial charge in [-0.15, -0.1) is 0 Å². The summed E-state index contributed by atoms with van der Waals surface area (Å²) in [5.41, 5.74) is 0.812. The number of nitrogens with zero attached hydrogens (tertiary/aromatic N) is 2. The first-order valence-corrected chi connectivity index (χ1v) is 12.2. The van der Waals surface area contributed by atoms with E-state index in [4.69, 9.17) is 18.9 Å². The van der Waals surface area contributed by atoms with Crippen LogP contribution in [0, 0.1) is 10.8 Å². The van der Waals surface area contributed by atoms with Crippen LogP contribution in [-0.2, 0) is 0 Å². The molecule has 4 heterocycles. The van der Waals surface area contributed by atoms with Crippen LogP contribution in [-0.4, -0.2) is 74.2 Å². The molecule has 2 amide bonds. The maximum atomic E-state index is 13.5. The van der Waals surface area contributed by atoms with Gasteiger partial charge in [-0.1, -0.05) is 13.8 Å². The van der Waals surface area contributed by atoms with Crippen LogP contribution >= 0.6 is 0 Å². The molecule has 0 atom stereocenters. The van der Waals surface area contributed by atoms with Crippen molar-refractivity contribution >= 4 is 11.8 Å². The zero-order chi connectivity index (χ0) is 24.2. The van der Waals surface area contributed by atoms with E-state index in [1.807, 2.05) is 34.1 Å². The largest absolute Gasteiger partial charge is 0.486 e. The van der Waals surface area contributed by atoms with E-state index in [1.165, 1.54) is 0 Å². The van der Waals surface area contributed by atoms with E-state index in [0.29, 0.717) is 86.7 Å². The zero-order valence-corrected chi connectivity index (χ0v) is 20.2. The quantitative estimate of drug-likeness (QED) is 0.660. The van der Waals surface area contributed by atoms with Crippen LogP contribution in [0.1, 0.15) is 41.0 Å². The van der Waals surface area contributed by atoms with Gasteiger partial charge in [-0.3, -0.25) is 9.59 Å². The summed E-state index contributed by atoms with van der Waals surface area (Å²) in [5.74, 6) is 2.57. The third kappa shape index (κ3) is 4.05. The number of hydrogen-bond donors (Lipinski definition) is 0. The van der Waals surface area contributed by atoms with Crippen molar-refractivity contribution in [1.82, 2.24) is 9.80 Å². The van der Waals surface area contributed by atoms with E-state index in [2.05, 4.69) is 13.8 Å². The molecule has 0 unspecified atom stereocenters. The number of fused-ring (bicyclic) bond motifs is 4. The highest BCUT2D eigenvalue weighted by Gasteiger charge is 2.50. The summed E-state index contributed by atoms with van der Waals surface area (Å²) in [6.45, 7) is 8.75. The molecule has 4 aliphatic heterocycles. The van der Waals surface area contributed by atoms with Gasteiger partial charge in [0.2, 0.25) is 0 Å². The third-order valence-corrected chi connectivity index (χ3v) is 7.30. The van der Waals surface area contributed by atoms with E-state index in [0.717, 1.165) is 6.42 Å². The first kappa shape index (κ1) is 22.1. The van der Waals surface area contributed by atoms with E-state index in [-0.39, 0.29) is 22.6 Å². The Morgan fingerprint density at radius 3 is 1.40 bits per heavy atom. The molecule has 0 saturated carbocycles. The minimum atomic E-state index is -0.196. The fourth-order valence-corrected chi connectivity index (χ4v) is 6.31. The van der Waals surface area contributed by atoms with Gasteiger partial charge in [0, 0.05) is 48.1 Å². The fourth-order valence-electron chi connectivity index (χ4n) is 6.31. The highest BCUT2D eigenvalue weighted by atomic mass is 16.6.